The van der Waals surface area contributed by atoms with Crippen molar-refractivity contribution in [2.75, 3.05) is 27.2 Å². The Hall–Kier alpha value is -1.30. The standard InChI is InChI=1S/C13H25N3O3/c1-5-11(12(17)18)16(4)13(19)14-10-6-7-15(3)8-9(10)2/h9-11H,5-8H2,1-4H3,(H,14,19)(H,17,18). The molecule has 2 amide bonds. The van der Waals surface area contributed by atoms with Gasteiger partial charge in [0.1, 0.15) is 6.04 Å². The van der Waals surface area contributed by atoms with Gasteiger partial charge in [0.05, 0.1) is 0 Å². The number of nitrogens with one attached hydrogen (secondary N) is 1. The van der Waals surface area contributed by atoms with Crippen LogP contribution < -0.4 is 5.32 Å². The number of nitrogens with zero attached hydrogens (tertiary/aromatic N) is 2. The highest BCUT2D eigenvalue weighted by atomic mass is 16.4. The number of aliphatic carboxylic acids is 1. The number of carbonyl (C=O) groups excluding carboxylic acids is 1. The van der Waals surface area contributed by atoms with Crippen LogP contribution in [-0.4, -0.2) is 66.2 Å². The summed E-state index contributed by atoms with van der Waals surface area (Å²) < 4.78 is 0. The predicted molar refractivity (Wildman–Crippen MR) is 73.1 cm³/mol. The van der Waals surface area contributed by atoms with Crippen molar-refractivity contribution < 1.29 is 14.7 Å². The molecule has 0 spiro atoms. The average molecular weight is 271 g/mol. The maximum atomic E-state index is 12.1. The number of rotatable bonds is 4. The number of likely N-dealkylation sites (tertiary alicyclic amines) is 1. The molecule has 3 atom stereocenters. The molecule has 0 radical (unpaired) electrons. The van der Waals surface area contributed by atoms with E-state index < -0.39 is 12.0 Å². The molecule has 0 saturated carbocycles. The van der Waals surface area contributed by atoms with Gasteiger partial charge >= 0.3 is 12.0 Å². The molecular formula is C13H25N3O3. The summed E-state index contributed by atoms with van der Waals surface area (Å²) in [6.45, 7) is 5.77. The van der Waals surface area contributed by atoms with Crippen LogP contribution in [0, 0.1) is 5.92 Å². The van der Waals surface area contributed by atoms with Crippen LogP contribution in [0.5, 0.6) is 0 Å². The summed E-state index contributed by atoms with van der Waals surface area (Å²) in [6.07, 6.45) is 1.31. The Balaban J connectivity index is 2.56. The largest absolute Gasteiger partial charge is 0.480 e. The Kier molecular flexibility index (Phi) is 5.60. The Bertz CT molecular complexity index is 335. The van der Waals surface area contributed by atoms with Crippen LogP contribution in [0.1, 0.15) is 26.7 Å². The molecule has 0 bridgehead atoms. The second-order valence-electron chi connectivity index (χ2n) is 5.46. The molecule has 3 unspecified atom stereocenters. The highest BCUT2D eigenvalue weighted by Crippen LogP contribution is 2.16. The van der Waals surface area contributed by atoms with Gasteiger partial charge in [-0.1, -0.05) is 13.8 Å². The first kappa shape index (κ1) is 15.8. The van der Waals surface area contributed by atoms with E-state index in [9.17, 15) is 9.59 Å². The van der Waals surface area contributed by atoms with E-state index in [0.29, 0.717) is 12.3 Å². The second kappa shape index (κ2) is 6.75. The lowest BCUT2D eigenvalue weighted by Gasteiger charge is -2.36. The summed E-state index contributed by atoms with van der Waals surface area (Å²) in [5, 5.41) is 12.0. The second-order valence-corrected chi connectivity index (χ2v) is 5.46. The third kappa shape index (κ3) is 4.09. The summed E-state index contributed by atoms with van der Waals surface area (Å²) in [4.78, 5) is 26.7. The van der Waals surface area contributed by atoms with E-state index in [4.69, 9.17) is 5.11 Å². The normalized spacial score (nSPS) is 25.7. The van der Waals surface area contributed by atoms with Crippen LogP contribution in [0.4, 0.5) is 4.79 Å². The minimum absolute atomic E-state index is 0.123. The van der Waals surface area contributed by atoms with Crippen LogP contribution in [0.2, 0.25) is 0 Å². The van der Waals surface area contributed by atoms with E-state index >= 15 is 0 Å². The molecule has 1 heterocycles. The van der Waals surface area contributed by atoms with Crippen LogP contribution >= 0.6 is 0 Å². The third-order valence-corrected chi connectivity index (χ3v) is 3.88. The monoisotopic (exact) mass is 271 g/mol. The zero-order valence-corrected chi connectivity index (χ0v) is 12.2. The van der Waals surface area contributed by atoms with Crippen molar-refractivity contribution in [1.29, 1.82) is 0 Å². The first-order valence-electron chi connectivity index (χ1n) is 6.81. The van der Waals surface area contributed by atoms with Crippen molar-refractivity contribution in [3.63, 3.8) is 0 Å². The summed E-state index contributed by atoms with van der Waals surface area (Å²) in [5.41, 5.74) is 0. The number of carbonyl (C=O) groups is 2. The summed E-state index contributed by atoms with van der Waals surface area (Å²) in [5.74, 6) is -0.586. The minimum atomic E-state index is -0.962. The lowest BCUT2D eigenvalue weighted by atomic mass is 9.94. The van der Waals surface area contributed by atoms with E-state index in [0.717, 1.165) is 19.5 Å². The maximum absolute atomic E-state index is 12.1. The average Bonchev–Trinajstić information content (AvgIpc) is 2.32. The van der Waals surface area contributed by atoms with Gasteiger partial charge < -0.3 is 20.2 Å². The van der Waals surface area contributed by atoms with Crippen molar-refractivity contribution in [2.45, 2.75) is 38.8 Å². The minimum Gasteiger partial charge on any atom is -0.480 e. The van der Waals surface area contributed by atoms with Crippen LogP contribution in [0.3, 0.4) is 0 Å². The van der Waals surface area contributed by atoms with Crippen LogP contribution in [0.25, 0.3) is 0 Å². The molecule has 6 heteroatoms. The zero-order chi connectivity index (χ0) is 14.6. The maximum Gasteiger partial charge on any atom is 0.326 e. The highest BCUT2D eigenvalue weighted by molar-refractivity contribution is 5.82. The van der Waals surface area contributed by atoms with Gasteiger partial charge in [-0.05, 0) is 32.4 Å². The molecule has 0 aliphatic carbocycles. The van der Waals surface area contributed by atoms with Crippen molar-refractivity contribution in [3.8, 4) is 0 Å². The topological polar surface area (TPSA) is 72.9 Å². The van der Waals surface area contributed by atoms with E-state index in [1.54, 1.807) is 6.92 Å². The van der Waals surface area contributed by atoms with E-state index in [-0.39, 0.29) is 12.1 Å². The molecule has 6 nitrogen and oxygen atoms in total. The quantitative estimate of drug-likeness (QED) is 0.794. The van der Waals surface area contributed by atoms with E-state index in [2.05, 4.69) is 24.2 Å². The summed E-state index contributed by atoms with van der Waals surface area (Å²) in [7, 11) is 3.61. The number of carboxylic acid groups (broad SMARTS) is 1. The molecule has 1 saturated heterocycles. The van der Waals surface area contributed by atoms with Crippen molar-refractivity contribution in [1.82, 2.24) is 15.1 Å². The fourth-order valence-corrected chi connectivity index (χ4v) is 2.58. The molecule has 0 aromatic carbocycles. The number of hydrogen-bond acceptors (Lipinski definition) is 3. The van der Waals surface area contributed by atoms with E-state index in [1.807, 2.05) is 0 Å². The Morgan fingerprint density at radius 2 is 2.16 bits per heavy atom. The van der Waals surface area contributed by atoms with Gasteiger partial charge in [-0.25, -0.2) is 9.59 Å². The molecule has 2 N–H and O–H groups in total. The first-order chi connectivity index (χ1) is 8.86. The Morgan fingerprint density at radius 3 is 2.63 bits per heavy atom. The van der Waals surface area contributed by atoms with Gasteiger partial charge in [0.2, 0.25) is 0 Å². The van der Waals surface area contributed by atoms with Gasteiger partial charge in [-0.2, -0.15) is 0 Å². The molecule has 19 heavy (non-hydrogen) atoms. The van der Waals surface area contributed by atoms with Gasteiger partial charge in [0.25, 0.3) is 0 Å². The number of urea groups is 1. The zero-order valence-electron chi connectivity index (χ0n) is 12.2. The molecule has 0 aromatic heterocycles. The predicted octanol–water partition coefficient (Wildman–Crippen LogP) is 0.831. The summed E-state index contributed by atoms with van der Waals surface area (Å²) >= 11 is 0. The molecule has 110 valence electrons. The SMILES string of the molecule is CCC(C(=O)O)N(C)C(=O)NC1CCN(C)CC1C. The number of hydrogen-bond donors (Lipinski definition) is 2. The van der Waals surface area contributed by atoms with Gasteiger partial charge in [-0.3, -0.25) is 0 Å². The molecule has 1 fully saturated rings. The number of carboxylic acids is 1. The number of likely N-dealkylation sites (N-methyl/N-ethyl adjacent to an activating group) is 1. The van der Waals surface area contributed by atoms with Gasteiger partial charge in [0, 0.05) is 19.6 Å². The van der Waals surface area contributed by atoms with Crippen molar-refractivity contribution >= 4 is 12.0 Å². The first-order valence-corrected chi connectivity index (χ1v) is 6.81. The molecule has 1 aliphatic heterocycles. The van der Waals surface area contributed by atoms with Crippen LogP contribution in [-0.2, 0) is 4.79 Å². The Labute approximate surface area is 114 Å². The fourth-order valence-electron chi connectivity index (χ4n) is 2.58. The van der Waals surface area contributed by atoms with Crippen molar-refractivity contribution in [2.24, 2.45) is 5.92 Å². The van der Waals surface area contributed by atoms with Gasteiger partial charge in [-0.15, -0.1) is 0 Å². The molecule has 1 rings (SSSR count). The highest BCUT2D eigenvalue weighted by Gasteiger charge is 2.29. The number of piperidine rings is 1. The van der Waals surface area contributed by atoms with Crippen molar-refractivity contribution in [3.05, 3.63) is 0 Å². The third-order valence-electron chi connectivity index (χ3n) is 3.88. The lowest BCUT2D eigenvalue weighted by Crippen LogP contribution is -2.54. The van der Waals surface area contributed by atoms with Gasteiger partial charge in [0.15, 0.2) is 0 Å². The fraction of sp³-hybridized carbons (Fsp3) is 0.846. The van der Waals surface area contributed by atoms with E-state index in [1.165, 1.54) is 11.9 Å². The number of amides is 2. The molecule has 0 aromatic rings. The molecule has 1 aliphatic rings. The van der Waals surface area contributed by atoms with Crippen LogP contribution in [0.15, 0.2) is 0 Å². The smallest absolute Gasteiger partial charge is 0.326 e. The molecular weight excluding hydrogens is 246 g/mol. The summed E-state index contributed by atoms with van der Waals surface area (Å²) in [6, 6.07) is -0.935. The Morgan fingerprint density at radius 1 is 1.53 bits per heavy atom. The lowest BCUT2D eigenvalue weighted by molar-refractivity contribution is -0.141.